The Kier molecular flexibility index (Phi) is 3.66. The van der Waals surface area contributed by atoms with Gasteiger partial charge in [-0.15, -0.1) is 0 Å². The van der Waals surface area contributed by atoms with E-state index in [0.29, 0.717) is 22.2 Å². The SMILES string of the molecule is O=C(NCc1ccn[nH]1)c1ccc(Cl)cc1Cl. The Bertz CT molecular complexity index is 526. The maximum Gasteiger partial charge on any atom is 0.253 e. The Balaban J connectivity index is 2.04. The van der Waals surface area contributed by atoms with Crippen LogP contribution >= 0.6 is 23.2 Å². The number of benzene rings is 1. The normalized spacial score (nSPS) is 10.2. The average Bonchev–Trinajstić information content (AvgIpc) is 2.78. The Morgan fingerprint density at radius 3 is 2.82 bits per heavy atom. The molecule has 2 N–H and O–H groups in total. The van der Waals surface area contributed by atoms with Gasteiger partial charge >= 0.3 is 0 Å². The van der Waals surface area contributed by atoms with Gasteiger partial charge in [-0.05, 0) is 24.3 Å². The summed E-state index contributed by atoms with van der Waals surface area (Å²) in [7, 11) is 0. The molecule has 0 aliphatic carbocycles. The number of hydrogen-bond donors (Lipinski definition) is 2. The van der Waals surface area contributed by atoms with Crippen LogP contribution in [-0.4, -0.2) is 16.1 Å². The molecule has 2 rings (SSSR count). The third-order valence-corrected chi connectivity index (χ3v) is 2.72. The summed E-state index contributed by atoms with van der Waals surface area (Å²) in [5, 5.41) is 10.1. The zero-order valence-corrected chi connectivity index (χ0v) is 10.2. The Labute approximate surface area is 108 Å². The summed E-state index contributed by atoms with van der Waals surface area (Å²) in [6.45, 7) is 0.373. The van der Waals surface area contributed by atoms with Gasteiger partial charge in [0.15, 0.2) is 0 Å². The molecule has 1 aromatic carbocycles. The summed E-state index contributed by atoms with van der Waals surface area (Å²) < 4.78 is 0. The lowest BCUT2D eigenvalue weighted by atomic mass is 10.2. The number of nitrogens with one attached hydrogen (secondary N) is 2. The van der Waals surface area contributed by atoms with Crippen molar-refractivity contribution in [3.05, 3.63) is 51.8 Å². The van der Waals surface area contributed by atoms with Crippen molar-refractivity contribution in [2.75, 3.05) is 0 Å². The molecule has 2 aromatic rings. The molecule has 17 heavy (non-hydrogen) atoms. The molecule has 0 spiro atoms. The molecule has 0 bridgehead atoms. The lowest BCUT2D eigenvalue weighted by Gasteiger charge is -2.05. The van der Waals surface area contributed by atoms with Crippen LogP contribution in [-0.2, 0) is 6.54 Å². The molecule has 0 saturated heterocycles. The van der Waals surface area contributed by atoms with E-state index in [1.54, 1.807) is 24.4 Å². The van der Waals surface area contributed by atoms with E-state index in [4.69, 9.17) is 23.2 Å². The largest absolute Gasteiger partial charge is 0.346 e. The summed E-state index contributed by atoms with van der Waals surface area (Å²) in [6, 6.07) is 6.53. The number of halogens is 2. The van der Waals surface area contributed by atoms with Gasteiger partial charge in [-0.25, -0.2) is 0 Å². The van der Waals surface area contributed by atoms with Crippen molar-refractivity contribution in [1.29, 1.82) is 0 Å². The number of rotatable bonds is 3. The molecule has 0 atom stereocenters. The maximum atomic E-state index is 11.8. The van der Waals surface area contributed by atoms with Crippen molar-refractivity contribution in [3.8, 4) is 0 Å². The first-order valence-corrected chi connectivity index (χ1v) is 5.64. The second-order valence-corrected chi connectivity index (χ2v) is 4.23. The molecule has 0 saturated carbocycles. The van der Waals surface area contributed by atoms with E-state index in [-0.39, 0.29) is 5.91 Å². The van der Waals surface area contributed by atoms with Crippen LogP contribution in [0.1, 0.15) is 16.1 Å². The van der Waals surface area contributed by atoms with Gasteiger partial charge in [-0.2, -0.15) is 5.10 Å². The quantitative estimate of drug-likeness (QED) is 0.900. The number of H-pyrrole nitrogens is 1. The highest BCUT2D eigenvalue weighted by Gasteiger charge is 2.10. The van der Waals surface area contributed by atoms with Crippen LogP contribution in [0.15, 0.2) is 30.5 Å². The van der Waals surface area contributed by atoms with Crippen molar-refractivity contribution in [2.45, 2.75) is 6.54 Å². The number of hydrogen-bond acceptors (Lipinski definition) is 2. The predicted molar refractivity (Wildman–Crippen MR) is 66.2 cm³/mol. The maximum absolute atomic E-state index is 11.8. The Morgan fingerprint density at radius 2 is 2.18 bits per heavy atom. The Hall–Kier alpha value is -1.52. The van der Waals surface area contributed by atoms with Gasteiger partial charge in [0, 0.05) is 11.2 Å². The van der Waals surface area contributed by atoms with E-state index in [1.807, 2.05) is 0 Å². The molecule has 0 aliphatic rings. The van der Waals surface area contributed by atoms with Crippen LogP contribution in [0.2, 0.25) is 10.0 Å². The second-order valence-electron chi connectivity index (χ2n) is 3.39. The fraction of sp³-hybridized carbons (Fsp3) is 0.0909. The van der Waals surface area contributed by atoms with Crippen LogP contribution < -0.4 is 5.32 Å². The van der Waals surface area contributed by atoms with Crippen LogP contribution in [0.4, 0.5) is 0 Å². The molecule has 0 fully saturated rings. The number of nitrogens with zero attached hydrogens (tertiary/aromatic N) is 1. The minimum Gasteiger partial charge on any atom is -0.346 e. The topological polar surface area (TPSA) is 57.8 Å². The monoisotopic (exact) mass is 269 g/mol. The van der Waals surface area contributed by atoms with Gasteiger partial charge in [0.05, 0.1) is 22.8 Å². The number of carbonyl (C=O) groups excluding carboxylic acids is 1. The van der Waals surface area contributed by atoms with E-state index in [1.165, 1.54) is 6.07 Å². The van der Waals surface area contributed by atoms with E-state index < -0.39 is 0 Å². The first-order valence-electron chi connectivity index (χ1n) is 4.88. The van der Waals surface area contributed by atoms with Gasteiger partial charge in [-0.1, -0.05) is 23.2 Å². The average molecular weight is 270 g/mol. The highest BCUT2D eigenvalue weighted by Crippen LogP contribution is 2.20. The zero-order chi connectivity index (χ0) is 12.3. The molecule has 1 amide bonds. The van der Waals surface area contributed by atoms with Crippen LogP contribution in [0.5, 0.6) is 0 Å². The Morgan fingerprint density at radius 1 is 1.35 bits per heavy atom. The predicted octanol–water partition coefficient (Wildman–Crippen LogP) is 2.65. The third-order valence-electron chi connectivity index (χ3n) is 2.17. The first-order chi connectivity index (χ1) is 8.16. The van der Waals surface area contributed by atoms with Crippen LogP contribution in [0, 0.1) is 0 Å². The van der Waals surface area contributed by atoms with Crippen molar-refractivity contribution in [2.24, 2.45) is 0 Å². The highest BCUT2D eigenvalue weighted by atomic mass is 35.5. The van der Waals surface area contributed by atoms with Gasteiger partial charge < -0.3 is 5.32 Å². The molecule has 4 nitrogen and oxygen atoms in total. The molecule has 0 unspecified atom stereocenters. The smallest absolute Gasteiger partial charge is 0.253 e. The first kappa shape index (κ1) is 12.0. The van der Waals surface area contributed by atoms with Gasteiger partial charge in [0.1, 0.15) is 0 Å². The number of amides is 1. The van der Waals surface area contributed by atoms with Gasteiger partial charge in [-0.3, -0.25) is 9.89 Å². The van der Waals surface area contributed by atoms with Gasteiger partial charge in [0.2, 0.25) is 0 Å². The molecular weight excluding hydrogens is 261 g/mol. The van der Waals surface area contributed by atoms with Crippen molar-refractivity contribution >= 4 is 29.1 Å². The summed E-state index contributed by atoms with van der Waals surface area (Å²) >= 11 is 11.7. The third kappa shape index (κ3) is 2.99. The van der Waals surface area contributed by atoms with E-state index in [9.17, 15) is 4.79 Å². The lowest BCUT2D eigenvalue weighted by Crippen LogP contribution is -2.23. The highest BCUT2D eigenvalue weighted by molar-refractivity contribution is 6.36. The summed E-state index contributed by atoms with van der Waals surface area (Å²) in [6.07, 6.45) is 1.62. The number of aromatic amines is 1. The fourth-order valence-electron chi connectivity index (χ4n) is 1.33. The molecule has 6 heteroatoms. The van der Waals surface area contributed by atoms with Crippen molar-refractivity contribution in [3.63, 3.8) is 0 Å². The molecule has 1 heterocycles. The standard InChI is InChI=1S/C11H9Cl2N3O/c12-7-1-2-9(10(13)5-7)11(17)14-6-8-3-4-15-16-8/h1-5H,6H2,(H,14,17)(H,15,16). The van der Waals surface area contributed by atoms with Crippen LogP contribution in [0.25, 0.3) is 0 Å². The molecule has 88 valence electrons. The zero-order valence-electron chi connectivity index (χ0n) is 8.71. The fourth-order valence-corrected chi connectivity index (χ4v) is 1.82. The molecule has 0 radical (unpaired) electrons. The summed E-state index contributed by atoms with van der Waals surface area (Å²) in [5.74, 6) is -0.249. The van der Waals surface area contributed by atoms with Crippen molar-refractivity contribution in [1.82, 2.24) is 15.5 Å². The van der Waals surface area contributed by atoms with Gasteiger partial charge in [0.25, 0.3) is 5.91 Å². The number of aromatic nitrogens is 2. The molecular formula is C11H9Cl2N3O. The molecule has 0 aliphatic heterocycles. The van der Waals surface area contributed by atoms with Crippen LogP contribution in [0.3, 0.4) is 0 Å². The minimum absolute atomic E-state index is 0.249. The van der Waals surface area contributed by atoms with Crippen molar-refractivity contribution < 1.29 is 4.79 Å². The molecule has 1 aromatic heterocycles. The number of carbonyl (C=O) groups is 1. The summed E-state index contributed by atoms with van der Waals surface area (Å²) in [4.78, 5) is 11.8. The lowest BCUT2D eigenvalue weighted by molar-refractivity contribution is 0.0950. The summed E-state index contributed by atoms with van der Waals surface area (Å²) in [5.41, 5.74) is 1.22. The van der Waals surface area contributed by atoms with E-state index in [2.05, 4.69) is 15.5 Å². The minimum atomic E-state index is -0.249. The van der Waals surface area contributed by atoms with E-state index in [0.717, 1.165) is 5.69 Å². The second kappa shape index (κ2) is 5.21. The van der Waals surface area contributed by atoms with E-state index >= 15 is 0 Å².